The van der Waals surface area contributed by atoms with Crippen LogP contribution in [0.5, 0.6) is 0 Å². The number of aliphatic carboxylic acids is 2. The predicted molar refractivity (Wildman–Crippen MR) is 97.3 cm³/mol. The molecular weight excluding hydrogens is 486 g/mol. The molecule has 1 aromatic carbocycles. The number of alkyl halides is 2. The lowest BCUT2D eigenvalue weighted by Gasteiger charge is -2.24. The normalized spacial score (nSPS) is 11.7. The van der Waals surface area contributed by atoms with Crippen LogP contribution in [-0.2, 0) is 9.59 Å². The maximum atomic E-state index is 14.4. The van der Waals surface area contributed by atoms with Crippen LogP contribution in [0, 0.1) is 11.6 Å². The summed E-state index contributed by atoms with van der Waals surface area (Å²) in [4.78, 5) is 35.1. The number of carboxylic acids is 2. The fourth-order valence-electron chi connectivity index (χ4n) is 2.15. The van der Waals surface area contributed by atoms with Gasteiger partial charge in [-0.05, 0) is 12.1 Å². The lowest BCUT2D eigenvalue weighted by Crippen LogP contribution is -2.42. The number of anilines is 1. The summed E-state index contributed by atoms with van der Waals surface area (Å²) in [5, 5.41) is 20.4. The highest BCUT2D eigenvalue weighted by molar-refractivity contribution is 9.09. The summed E-state index contributed by atoms with van der Waals surface area (Å²) in [5.74, 6) is -6.07. The van der Waals surface area contributed by atoms with Crippen molar-refractivity contribution in [3.63, 3.8) is 0 Å². The van der Waals surface area contributed by atoms with E-state index in [0.29, 0.717) is 23.7 Å². The number of nitrogens with one attached hydrogen (secondary N) is 1. The maximum Gasteiger partial charge on any atom is 0.326 e. The van der Waals surface area contributed by atoms with Crippen LogP contribution in [0.15, 0.2) is 12.1 Å². The van der Waals surface area contributed by atoms with Gasteiger partial charge >= 0.3 is 11.9 Å². The number of hydrogen-bond donors (Lipinski definition) is 3. The van der Waals surface area contributed by atoms with Crippen LogP contribution in [0.25, 0.3) is 0 Å². The van der Waals surface area contributed by atoms with Crippen LogP contribution < -0.4 is 10.2 Å². The predicted octanol–water partition coefficient (Wildman–Crippen LogP) is 2.22. The fraction of sp³-hybridized carbons (Fsp3) is 0.400. The zero-order valence-electron chi connectivity index (χ0n) is 13.3. The molecule has 0 aliphatic carbocycles. The summed E-state index contributed by atoms with van der Waals surface area (Å²) >= 11 is 6.39. The van der Waals surface area contributed by atoms with Crippen molar-refractivity contribution in [2.24, 2.45) is 0 Å². The Morgan fingerprint density at radius 2 is 1.58 bits per heavy atom. The molecule has 0 aliphatic rings. The minimum atomic E-state index is -1.72. The SMILES string of the molecule is O=C(O)CC(NC(=O)c1cc(F)c(N(CCBr)CCBr)c(F)c1)C(=O)O. The molecule has 0 fully saturated rings. The number of nitrogens with zero attached hydrogens (tertiary/aromatic N) is 1. The van der Waals surface area contributed by atoms with Gasteiger partial charge in [0.25, 0.3) is 5.91 Å². The Kier molecular flexibility index (Phi) is 8.93. The average Bonchev–Trinajstić information content (AvgIpc) is 2.53. The highest BCUT2D eigenvalue weighted by Gasteiger charge is 2.25. The Bertz CT molecular complexity index is 661. The number of carbonyl (C=O) groups excluding carboxylic acids is 1. The average molecular weight is 502 g/mol. The zero-order chi connectivity index (χ0) is 19.9. The minimum Gasteiger partial charge on any atom is -0.481 e. The second-order valence-corrected chi connectivity index (χ2v) is 6.70. The van der Waals surface area contributed by atoms with Gasteiger partial charge in [0, 0.05) is 29.3 Å². The van der Waals surface area contributed by atoms with E-state index in [4.69, 9.17) is 10.2 Å². The Balaban J connectivity index is 3.10. The third-order valence-corrected chi connectivity index (χ3v) is 4.00. The highest BCUT2D eigenvalue weighted by Crippen LogP contribution is 2.25. The van der Waals surface area contributed by atoms with Crippen molar-refractivity contribution in [2.75, 3.05) is 28.6 Å². The van der Waals surface area contributed by atoms with E-state index in [0.717, 1.165) is 12.1 Å². The monoisotopic (exact) mass is 500 g/mol. The Labute approximate surface area is 164 Å². The number of amides is 1. The quantitative estimate of drug-likeness (QED) is 0.424. The molecule has 1 aromatic rings. The zero-order valence-corrected chi connectivity index (χ0v) is 16.5. The van der Waals surface area contributed by atoms with E-state index in [2.05, 4.69) is 31.9 Å². The molecule has 0 aliphatic heterocycles. The van der Waals surface area contributed by atoms with Gasteiger partial charge in [0.15, 0.2) is 0 Å². The molecule has 0 bridgehead atoms. The topological polar surface area (TPSA) is 107 Å². The summed E-state index contributed by atoms with van der Waals surface area (Å²) in [6.45, 7) is 0.648. The van der Waals surface area contributed by atoms with Crippen molar-refractivity contribution in [3.05, 3.63) is 29.3 Å². The highest BCUT2D eigenvalue weighted by atomic mass is 79.9. The molecule has 0 radical (unpaired) electrons. The molecule has 0 saturated carbocycles. The van der Waals surface area contributed by atoms with Crippen molar-refractivity contribution in [3.8, 4) is 0 Å². The molecule has 1 amide bonds. The van der Waals surface area contributed by atoms with E-state index in [1.54, 1.807) is 0 Å². The molecule has 0 heterocycles. The molecule has 26 heavy (non-hydrogen) atoms. The fourth-order valence-corrected chi connectivity index (χ4v) is 3.01. The Hall–Kier alpha value is -1.75. The number of hydrogen-bond acceptors (Lipinski definition) is 4. The van der Waals surface area contributed by atoms with Crippen LogP contribution >= 0.6 is 31.9 Å². The van der Waals surface area contributed by atoms with Gasteiger partial charge in [-0.1, -0.05) is 31.9 Å². The van der Waals surface area contributed by atoms with Crippen molar-refractivity contribution < 1.29 is 33.4 Å². The molecule has 1 rings (SSSR count). The largest absolute Gasteiger partial charge is 0.481 e. The summed E-state index contributed by atoms with van der Waals surface area (Å²) < 4.78 is 28.7. The molecular formula is C15H16Br2F2N2O5. The first-order valence-corrected chi connectivity index (χ1v) is 9.56. The second-order valence-electron chi connectivity index (χ2n) is 5.12. The van der Waals surface area contributed by atoms with Crippen molar-refractivity contribution in [1.82, 2.24) is 5.32 Å². The molecule has 0 aromatic heterocycles. The number of carboxylic acid groups (broad SMARTS) is 2. The summed E-state index contributed by atoms with van der Waals surface area (Å²) in [6, 6.07) is -0.157. The first-order valence-electron chi connectivity index (χ1n) is 7.32. The van der Waals surface area contributed by atoms with E-state index < -0.39 is 47.5 Å². The van der Waals surface area contributed by atoms with Crippen molar-refractivity contribution in [2.45, 2.75) is 12.5 Å². The molecule has 0 saturated heterocycles. The summed E-state index contributed by atoms with van der Waals surface area (Å²) in [7, 11) is 0. The van der Waals surface area contributed by atoms with Gasteiger partial charge < -0.3 is 20.4 Å². The molecule has 7 nitrogen and oxygen atoms in total. The number of carbonyl (C=O) groups is 3. The van der Waals surface area contributed by atoms with Crippen LogP contribution in [0.4, 0.5) is 14.5 Å². The van der Waals surface area contributed by atoms with Gasteiger partial charge in [0.05, 0.1) is 6.42 Å². The van der Waals surface area contributed by atoms with Gasteiger partial charge in [-0.15, -0.1) is 0 Å². The van der Waals surface area contributed by atoms with Gasteiger partial charge in [-0.2, -0.15) is 0 Å². The van der Waals surface area contributed by atoms with E-state index in [9.17, 15) is 23.2 Å². The second kappa shape index (κ2) is 10.4. The molecule has 3 N–H and O–H groups in total. The first-order chi connectivity index (χ1) is 12.2. The van der Waals surface area contributed by atoms with Crippen molar-refractivity contribution in [1.29, 1.82) is 0 Å². The van der Waals surface area contributed by atoms with Crippen LogP contribution in [0.1, 0.15) is 16.8 Å². The van der Waals surface area contributed by atoms with Crippen molar-refractivity contribution >= 4 is 55.4 Å². The maximum absolute atomic E-state index is 14.4. The van der Waals surface area contributed by atoms with E-state index in [-0.39, 0.29) is 5.69 Å². The van der Waals surface area contributed by atoms with Gasteiger partial charge in [0.2, 0.25) is 0 Å². The van der Waals surface area contributed by atoms with E-state index in [1.165, 1.54) is 4.90 Å². The van der Waals surface area contributed by atoms with Crippen LogP contribution in [-0.4, -0.2) is 57.9 Å². The molecule has 1 unspecified atom stereocenters. The smallest absolute Gasteiger partial charge is 0.326 e. The van der Waals surface area contributed by atoms with Gasteiger partial charge in [-0.25, -0.2) is 13.6 Å². The molecule has 144 valence electrons. The molecule has 1 atom stereocenters. The Morgan fingerprint density at radius 3 is 1.96 bits per heavy atom. The lowest BCUT2D eigenvalue weighted by atomic mass is 10.1. The van der Waals surface area contributed by atoms with Gasteiger partial charge in [0.1, 0.15) is 23.4 Å². The standard InChI is InChI=1S/C15H16Br2F2N2O5/c16-1-3-21(4-2-17)13-9(18)5-8(6-10(13)19)14(24)20-11(15(25)26)7-12(22)23/h5-6,11H,1-4,7H2,(H,20,24)(H,22,23)(H,25,26). The van der Waals surface area contributed by atoms with Crippen LogP contribution in [0.2, 0.25) is 0 Å². The number of benzene rings is 1. The molecule has 11 heteroatoms. The lowest BCUT2D eigenvalue weighted by molar-refractivity contribution is -0.145. The summed E-state index contributed by atoms with van der Waals surface area (Å²) in [6.07, 6.45) is -0.867. The van der Waals surface area contributed by atoms with E-state index >= 15 is 0 Å². The summed E-state index contributed by atoms with van der Waals surface area (Å²) in [5.41, 5.74) is -0.751. The van der Waals surface area contributed by atoms with Crippen LogP contribution in [0.3, 0.4) is 0 Å². The third-order valence-electron chi connectivity index (χ3n) is 3.29. The van der Waals surface area contributed by atoms with E-state index in [1.807, 2.05) is 5.32 Å². The minimum absolute atomic E-state index is 0.305. The molecule has 0 spiro atoms. The number of rotatable bonds is 10. The first kappa shape index (κ1) is 22.3. The number of halogens is 4. The van der Waals surface area contributed by atoms with Gasteiger partial charge in [-0.3, -0.25) is 9.59 Å². The Morgan fingerprint density at radius 1 is 1.08 bits per heavy atom. The third kappa shape index (κ3) is 6.20.